The normalized spacial score (nSPS) is 11.3. The van der Waals surface area contributed by atoms with Gasteiger partial charge in [-0.1, -0.05) is 48.0 Å². The van der Waals surface area contributed by atoms with Gasteiger partial charge in [-0.05, 0) is 58.8 Å². The lowest BCUT2D eigenvalue weighted by Crippen LogP contribution is -1.81. The van der Waals surface area contributed by atoms with Crippen LogP contribution in [-0.2, 0) is 0 Å². The zero-order valence-electron chi connectivity index (χ0n) is 11.6. The Labute approximate surface area is 136 Å². The second-order valence-corrected chi connectivity index (χ2v) is 6.46. The average Bonchev–Trinajstić information content (AvgIpc) is 2.87. The van der Waals surface area contributed by atoms with Crippen molar-refractivity contribution >= 4 is 44.5 Å². The minimum Gasteiger partial charge on any atom is -0.455 e. The van der Waals surface area contributed by atoms with E-state index in [1.54, 1.807) is 0 Å². The molecule has 2 heteroatoms. The second kappa shape index (κ2) is 4.88. The number of rotatable bonds is 1. The zero-order chi connectivity index (χ0) is 14.4. The zero-order valence-corrected chi connectivity index (χ0v) is 13.7. The fourth-order valence-corrected chi connectivity index (χ4v) is 3.43. The van der Waals surface area contributed by atoms with Crippen LogP contribution in [0.25, 0.3) is 33.1 Å². The number of hydrogen-bond acceptors (Lipinski definition) is 1. The highest BCUT2D eigenvalue weighted by molar-refractivity contribution is 14.1. The number of para-hydroxylation sites is 1. The van der Waals surface area contributed by atoms with Crippen molar-refractivity contribution in [2.75, 3.05) is 0 Å². The Bertz CT molecular complexity index is 949. The fourth-order valence-electron chi connectivity index (χ4n) is 2.70. The molecule has 1 aromatic heterocycles. The Morgan fingerprint density at radius 3 is 2.38 bits per heavy atom. The van der Waals surface area contributed by atoms with E-state index in [-0.39, 0.29) is 0 Å². The third kappa shape index (κ3) is 2.14. The minimum absolute atomic E-state index is 0.950. The van der Waals surface area contributed by atoms with Gasteiger partial charge in [0, 0.05) is 10.8 Å². The monoisotopic (exact) mass is 384 g/mol. The molecule has 3 aromatic carbocycles. The summed E-state index contributed by atoms with van der Waals surface area (Å²) in [6.07, 6.45) is 0. The first-order chi connectivity index (χ1) is 10.2. The molecule has 102 valence electrons. The van der Waals surface area contributed by atoms with Crippen LogP contribution < -0.4 is 0 Å². The van der Waals surface area contributed by atoms with Gasteiger partial charge in [0.25, 0.3) is 0 Å². The maximum atomic E-state index is 5.99. The highest BCUT2D eigenvalue weighted by Crippen LogP contribution is 2.35. The summed E-state index contributed by atoms with van der Waals surface area (Å²) in [5.74, 6) is 0. The number of aryl methyl sites for hydroxylation is 1. The Morgan fingerprint density at radius 2 is 1.57 bits per heavy atom. The molecule has 0 aliphatic heterocycles. The molecule has 21 heavy (non-hydrogen) atoms. The summed E-state index contributed by atoms with van der Waals surface area (Å²) >= 11 is 2.36. The number of hydrogen-bond donors (Lipinski definition) is 0. The third-order valence-electron chi connectivity index (χ3n) is 3.82. The van der Waals surface area contributed by atoms with E-state index in [9.17, 15) is 0 Å². The van der Waals surface area contributed by atoms with Crippen molar-refractivity contribution in [3.05, 3.63) is 69.8 Å². The smallest absolute Gasteiger partial charge is 0.148 e. The van der Waals surface area contributed by atoms with Crippen molar-refractivity contribution in [1.29, 1.82) is 0 Å². The van der Waals surface area contributed by atoms with Crippen LogP contribution in [0.15, 0.2) is 65.1 Å². The molecular formula is C19H13IO. The molecule has 0 unspecified atom stereocenters. The summed E-state index contributed by atoms with van der Waals surface area (Å²) in [4.78, 5) is 0. The molecule has 4 rings (SSSR count). The average molecular weight is 384 g/mol. The topological polar surface area (TPSA) is 13.1 Å². The molecule has 0 saturated carbocycles. The molecular weight excluding hydrogens is 371 g/mol. The molecule has 1 heterocycles. The molecule has 1 nitrogen and oxygen atoms in total. The number of halogens is 1. The van der Waals surface area contributed by atoms with Crippen LogP contribution in [0.1, 0.15) is 5.56 Å². The SMILES string of the molecule is Cc1ccc(-c2cc(I)c3oc4ccccc4c3c2)cc1. The third-order valence-corrected chi connectivity index (χ3v) is 4.62. The molecule has 0 radical (unpaired) electrons. The van der Waals surface area contributed by atoms with E-state index in [2.05, 4.69) is 78.0 Å². The standard InChI is InChI=1S/C19H13IO/c1-12-6-8-13(9-7-12)14-10-16-15-4-2-3-5-18(15)21-19(16)17(20)11-14/h2-11H,1H3. The highest BCUT2D eigenvalue weighted by atomic mass is 127. The predicted octanol–water partition coefficient (Wildman–Crippen LogP) is 6.17. The lowest BCUT2D eigenvalue weighted by atomic mass is 10.0. The first-order valence-corrected chi connectivity index (χ1v) is 7.98. The lowest BCUT2D eigenvalue weighted by Gasteiger charge is -2.04. The molecule has 0 bridgehead atoms. The van der Waals surface area contributed by atoms with Gasteiger partial charge in [-0.3, -0.25) is 0 Å². The van der Waals surface area contributed by atoms with Crippen molar-refractivity contribution in [2.24, 2.45) is 0 Å². The maximum Gasteiger partial charge on any atom is 0.148 e. The summed E-state index contributed by atoms with van der Waals surface area (Å²) in [5, 5.41) is 2.37. The molecule has 0 saturated heterocycles. The van der Waals surface area contributed by atoms with E-state index in [1.165, 1.54) is 27.5 Å². The van der Waals surface area contributed by atoms with Crippen LogP contribution in [0.2, 0.25) is 0 Å². The predicted molar refractivity (Wildman–Crippen MR) is 96.6 cm³/mol. The minimum atomic E-state index is 0.950. The Hall–Kier alpha value is -1.81. The van der Waals surface area contributed by atoms with E-state index in [0.29, 0.717) is 0 Å². The van der Waals surface area contributed by atoms with Gasteiger partial charge in [-0.25, -0.2) is 0 Å². The molecule has 0 aliphatic rings. The first-order valence-electron chi connectivity index (χ1n) is 6.90. The van der Waals surface area contributed by atoms with Gasteiger partial charge in [-0.15, -0.1) is 0 Å². The van der Waals surface area contributed by atoms with E-state index in [1.807, 2.05) is 12.1 Å². The summed E-state index contributed by atoms with van der Waals surface area (Å²) in [5.41, 5.74) is 5.69. The van der Waals surface area contributed by atoms with E-state index in [0.717, 1.165) is 14.7 Å². The maximum absolute atomic E-state index is 5.99. The quantitative estimate of drug-likeness (QED) is 0.358. The Morgan fingerprint density at radius 1 is 0.810 bits per heavy atom. The Balaban J connectivity index is 2.03. The van der Waals surface area contributed by atoms with Crippen LogP contribution in [0.5, 0.6) is 0 Å². The molecule has 0 N–H and O–H groups in total. The van der Waals surface area contributed by atoms with E-state index < -0.39 is 0 Å². The van der Waals surface area contributed by atoms with Gasteiger partial charge >= 0.3 is 0 Å². The van der Waals surface area contributed by atoms with Crippen molar-refractivity contribution < 1.29 is 4.42 Å². The molecule has 0 aliphatic carbocycles. The van der Waals surface area contributed by atoms with Gasteiger partial charge in [0.2, 0.25) is 0 Å². The lowest BCUT2D eigenvalue weighted by molar-refractivity contribution is 0.666. The van der Waals surface area contributed by atoms with E-state index in [4.69, 9.17) is 4.42 Å². The van der Waals surface area contributed by atoms with Crippen LogP contribution in [0, 0.1) is 10.5 Å². The van der Waals surface area contributed by atoms with Crippen LogP contribution >= 0.6 is 22.6 Å². The van der Waals surface area contributed by atoms with Crippen molar-refractivity contribution in [3.63, 3.8) is 0 Å². The summed E-state index contributed by atoms with van der Waals surface area (Å²) < 4.78 is 7.14. The van der Waals surface area contributed by atoms with Crippen molar-refractivity contribution in [2.45, 2.75) is 6.92 Å². The second-order valence-electron chi connectivity index (χ2n) is 5.30. The first kappa shape index (κ1) is 12.9. The Kier molecular flexibility index (Phi) is 3.00. The van der Waals surface area contributed by atoms with Crippen LogP contribution in [-0.4, -0.2) is 0 Å². The van der Waals surface area contributed by atoms with Crippen molar-refractivity contribution in [3.8, 4) is 11.1 Å². The largest absolute Gasteiger partial charge is 0.455 e. The molecule has 0 fully saturated rings. The summed E-state index contributed by atoms with van der Waals surface area (Å²) in [6, 6.07) is 21.3. The van der Waals surface area contributed by atoms with Crippen molar-refractivity contribution in [1.82, 2.24) is 0 Å². The molecule has 0 atom stereocenters. The van der Waals surface area contributed by atoms with Gasteiger partial charge in [-0.2, -0.15) is 0 Å². The van der Waals surface area contributed by atoms with Crippen LogP contribution in [0.4, 0.5) is 0 Å². The molecule has 4 aromatic rings. The summed E-state index contributed by atoms with van der Waals surface area (Å²) in [6.45, 7) is 2.11. The highest BCUT2D eigenvalue weighted by Gasteiger charge is 2.11. The van der Waals surface area contributed by atoms with Gasteiger partial charge < -0.3 is 4.42 Å². The van der Waals surface area contributed by atoms with Gasteiger partial charge in [0.15, 0.2) is 0 Å². The van der Waals surface area contributed by atoms with Gasteiger partial charge in [0.1, 0.15) is 11.2 Å². The van der Waals surface area contributed by atoms with E-state index >= 15 is 0 Å². The number of furan rings is 1. The summed E-state index contributed by atoms with van der Waals surface area (Å²) in [7, 11) is 0. The number of fused-ring (bicyclic) bond motifs is 3. The van der Waals surface area contributed by atoms with Crippen LogP contribution in [0.3, 0.4) is 0 Å². The molecule has 0 spiro atoms. The molecule has 0 amide bonds. The number of benzene rings is 3. The fraction of sp³-hybridized carbons (Fsp3) is 0.0526. The van der Waals surface area contributed by atoms with Gasteiger partial charge in [0.05, 0.1) is 3.57 Å².